The molecule has 25 heavy (non-hydrogen) atoms. The van der Waals surface area contributed by atoms with Crippen LogP contribution in [0.15, 0.2) is 42.5 Å². The second-order valence-electron chi connectivity index (χ2n) is 5.44. The van der Waals surface area contributed by atoms with Crippen molar-refractivity contribution in [3.63, 3.8) is 0 Å². The van der Waals surface area contributed by atoms with Crippen molar-refractivity contribution in [3.8, 4) is 11.5 Å². The molecule has 0 aliphatic rings. The van der Waals surface area contributed by atoms with Crippen molar-refractivity contribution in [1.82, 2.24) is 0 Å². The van der Waals surface area contributed by atoms with Crippen molar-refractivity contribution >= 4 is 17.6 Å². The SMILES string of the molecule is COc1cccc(OC)c1C(=O)O[C@H](C)C(=O)Nc1cccc(C)c1. The van der Waals surface area contributed by atoms with Crippen LogP contribution in [0, 0.1) is 6.92 Å². The molecule has 0 saturated carbocycles. The Morgan fingerprint density at radius 3 is 2.16 bits per heavy atom. The third-order valence-corrected chi connectivity index (χ3v) is 3.57. The summed E-state index contributed by atoms with van der Waals surface area (Å²) < 4.78 is 15.6. The maximum absolute atomic E-state index is 12.5. The molecular weight excluding hydrogens is 322 g/mol. The zero-order valence-corrected chi connectivity index (χ0v) is 14.7. The molecule has 0 fully saturated rings. The molecular formula is C19H21NO5. The predicted octanol–water partition coefficient (Wildman–Crippen LogP) is 3.20. The van der Waals surface area contributed by atoms with Gasteiger partial charge in [-0.05, 0) is 43.7 Å². The van der Waals surface area contributed by atoms with E-state index in [0.29, 0.717) is 17.2 Å². The number of carbonyl (C=O) groups excluding carboxylic acids is 2. The smallest absolute Gasteiger partial charge is 0.346 e. The minimum atomic E-state index is -0.984. The highest BCUT2D eigenvalue weighted by Gasteiger charge is 2.24. The molecule has 0 aliphatic carbocycles. The van der Waals surface area contributed by atoms with Crippen LogP contribution in [0.4, 0.5) is 5.69 Å². The van der Waals surface area contributed by atoms with E-state index in [9.17, 15) is 9.59 Å². The second-order valence-corrected chi connectivity index (χ2v) is 5.44. The number of methoxy groups -OCH3 is 2. The highest BCUT2D eigenvalue weighted by molar-refractivity contribution is 5.99. The van der Waals surface area contributed by atoms with Gasteiger partial charge in [-0.2, -0.15) is 0 Å². The lowest BCUT2D eigenvalue weighted by atomic mass is 10.1. The van der Waals surface area contributed by atoms with E-state index in [-0.39, 0.29) is 5.56 Å². The molecule has 6 heteroatoms. The lowest BCUT2D eigenvalue weighted by Crippen LogP contribution is -2.30. The van der Waals surface area contributed by atoms with Gasteiger partial charge < -0.3 is 19.5 Å². The predicted molar refractivity (Wildman–Crippen MR) is 94.2 cm³/mol. The van der Waals surface area contributed by atoms with Crippen molar-refractivity contribution in [1.29, 1.82) is 0 Å². The maximum Gasteiger partial charge on any atom is 0.346 e. The maximum atomic E-state index is 12.5. The summed E-state index contributed by atoms with van der Waals surface area (Å²) in [5.74, 6) is -0.486. The Bertz CT molecular complexity index is 750. The molecule has 2 aromatic rings. The van der Waals surface area contributed by atoms with Gasteiger partial charge in [0.1, 0.15) is 17.1 Å². The molecule has 1 amide bonds. The minimum Gasteiger partial charge on any atom is -0.496 e. The number of benzene rings is 2. The molecule has 1 atom stereocenters. The van der Waals surface area contributed by atoms with E-state index < -0.39 is 18.0 Å². The van der Waals surface area contributed by atoms with Crippen molar-refractivity contribution in [2.45, 2.75) is 20.0 Å². The van der Waals surface area contributed by atoms with Crippen molar-refractivity contribution in [2.24, 2.45) is 0 Å². The van der Waals surface area contributed by atoms with E-state index in [0.717, 1.165) is 5.56 Å². The fourth-order valence-corrected chi connectivity index (χ4v) is 2.29. The van der Waals surface area contributed by atoms with Crippen LogP contribution < -0.4 is 14.8 Å². The second kappa shape index (κ2) is 8.19. The fraction of sp³-hybridized carbons (Fsp3) is 0.263. The molecule has 2 rings (SSSR count). The summed E-state index contributed by atoms with van der Waals surface area (Å²) in [5.41, 5.74) is 1.80. The Morgan fingerprint density at radius 1 is 1.00 bits per heavy atom. The highest BCUT2D eigenvalue weighted by atomic mass is 16.6. The number of nitrogens with one attached hydrogen (secondary N) is 1. The van der Waals surface area contributed by atoms with Crippen molar-refractivity contribution < 1.29 is 23.8 Å². The number of carbonyl (C=O) groups is 2. The number of ether oxygens (including phenoxy) is 3. The van der Waals surface area contributed by atoms with E-state index in [1.165, 1.54) is 21.1 Å². The first-order valence-corrected chi connectivity index (χ1v) is 7.75. The van der Waals surface area contributed by atoms with Gasteiger partial charge in [-0.25, -0.2) is 4.79 Å². The highest BCUT2D eigenvalue weighted by Crippen LogP contribution is 2.29. The van der Waals surface area contributed by atoms with Crippen molar-refractivity contribution in [2.75, 3.05) is 19.5 Å². The van der Waals surface area contributed by atoms with E-state index in [1.807, 2.05) is 25.1 Å². The summed E-state index contributed by atoms with van der Waals surface area (Å²) in [6.45, 7) is 3.43. The minimum absolute atomic E-state index is 0.141. The molecule has 0 aromatic heterocycles. The number of aryl methyl sites for hydroxylation is 1. The van der Waals surface area contributed by atoms with Gasteiger partial charge in [-0.15, -0.1) is 0 Å². The average Bonchev–Trinajstić information content (AvgIpc) is 2.60. The van der Waals surface area contributed by atoms with Gasteiger partial charge in [-0.1, -0.05) is 18.2 Å². The van der Waals surface area contributed by atoms with Gasteiger partial charge in [-0.3, -0.25) is 4.79 Å². The normalized spacial score (nSPS) is 11.4. The van der Waals surface area contributed by atoms with Gasteiger partial charge in [0.25, 0.3) is 5.91 Å². The first-order chi connectivity index (χ1) is 12.0. The van der Waals surface area contributed by atoms with Gasteiger partial charge in [0.05, 0.1) is 14.2 Å². The first kappa shape index (κ1) is 18.3. The van der Waals surface area contributed by atoms with Crippen molar-refractivity contribution in [3.05, 3.63) is 53.6 Å². The van der Waals surface area contributed by atoms with Crippen LogP contribution >= 0.6 is 0 Å². The summed E-state index contributed by atoms with van der Waals surface area (Å²) in [4.78, 5) is 24.7. The van der Waals surface area contributed by atoms with Gasteiger partial charge in [0.2, 0.25) is 0 Å². The monoisotopic (exact) mass is 343 g/mol. The number of hydrogen-bond acceptors (Lipinski definition) is 5. The lowest BCUT2D eigenvalue weighted by molar-refractivity contribution is -0.123. The molecule has 2 aromatic carbocycles. The molecule has 0 heterocycles. The summed E-state index contributed by atoms with van der Waals surface area (Å²) >= 11 is 0. The quantitative estimate of drug-likeness (QED) is 0.816. The molecule has 0 bridgehead atoms. The number of hydrogen-bond donors (Lipinski definition) is 1. The first-order valence-electron chi connectivity index (χ1n) is 7.75. The van der Waals surface area contributed by atoms with Crippen LogP contribution in [0.25, 0.3) is 0 Å². The average molecular weight is 343 g/mol. The van der Waals surface area contributed by atoms with Crippen LogP contribution in [-0.4, -0.2) is 32.2 Å². The molecule has 0 spiro atoms. The third-order valence-electron chi connectivity index (χ3n) is 3.57. The summed E-state index contributed by atoms with van der Waals surface area (Å²) in [6, 6.07) is 12.3. The Balaban J connectivity index is 2.11. The van der Waals surface area contributed by atoms with Crippen LogP contribution in [0.1, 0.15) is 22.8 Å². The molecule has 6 nitrogen and oxygen atoms in total. The number of amides is 1. The summed E-state index contributed by atoms with van der Waals surface area (Å²) in [5, 5.41) is 2.72. The number of anilines is 1. The van der Waals surface area contributed by atoms with Gasteiger partial charge in [0.15, 0.2) is 6.10 Å². The molecule has 132 valence electrons. The Hall–Kier alpha value is -3.02. The summed E-state index contributed by atoms with van der Waals surface area (Å²) in [7, 11) is 2.89. The number of rotatable bonds is 6. The zero-order chi connectivity index (χ0) is 18.4. The largest absolute Gasteiger partial charge is 0.496 e. The fourth-order valence-electron chi connectivity index (χ4n) is 2.29. The third kappa shape index (κ3) is 4.50. The summed E-state index contributed by atoms with van der Waals surface area (Å²) in [6.07, 6.45) is -0.984. The van der Waals surface area contributed by atoms with E-state index in [2.05, 4.69) is 5.32 Å². The topological polar surface area (TPSA) is 73.9 Å². The van der Waals surface area contributed by atoms with E-state index in [1.54, 1.807) is 24.3 Å². The van der Waals surface area contributed by atoms with Crippen LogP contribution in [-0.2, 0) is 9.53 Å². The molecule has 0 unspecified atom stereocenters. The number of esters is 1. The van der Waals surface area contributed by atoms with Crippen LogP contribution in [0.5, 0.6) is 11.5 Å². The van der Waals surface area contributed by atoms with Crippen LogP contribution in [0.2, 0.25) is 0 Å². The Morgan fingerprint density at radius 2 is 1.60 bits per heavy atom. The molecule has 0 radical (unpaired) electrons. The lowest BCUT2D eigenvalue weighted by Gasteiger charge is -2.16. The Kier molecular flexibility index (Phi) is 6.00. The molecule has 1 N–H and O–H groups in total. The van der Waals surface area contributed by atoms with E-state index >= 15 is 0 Å². The molecule has 0 saturated heterocycles. The molecule has 0 aliphatic heterocycles. The van der Waals surface area contributed by atoms with Gasteiger partial charge >= 0.3 is 5.97 Å². The standard InChI is InChI=1S/C19H21NO5/c1-12-7-5-8-14(11-12)20-18(21)13(2)25-19(22)17-15(23-3)9-6-10-16(17)24-4/h5-11,13H,1-4H3,(H,20,21)/t13-/m1/s1. The van der Waals surface area contributed by atoms with Crippen LogP contribution in [0.3, 0.4) is 0 Å². The van der Waals surface area contributed by atoms with Gasteiger partial charge in [0, 0.05) is 5.69 Å². The Labute approximate surface area is 146 Å². The van der Waals surface area contributed by atoms with E-state index in [4.69, 9.17) is 14.2 Å². The zero-order valence-electron chi connectivity index (χ0n) is 14.7.